The molecule has 1 atom stereocenters. The Labute approximate surface area is 156 Å². The van der Waals surface area contributed by atoms with Gasteiger partial charge in [0.15, 0.2) is 0 Å². The SMILES string of the molecule is O=C(O)CC1CN(CC(=O)O)Cc2cccc(n2)CN(CC(=O)O)CCN1. The number of nitrogens with zero attached hydrogens (tertiary/aromatic N) is 3. The van der Waals surface area contributed by atoms with Crippen molar-refractivity contribution in [1.82, 2.24) is 20.1 Å². The highest BCUT2D eigenvalue weighted by atomic mass is 16.4. The molecule has 0 radical (unpaired) electrons. The van der Waals surface area contributed by atoms with Crippen LogP contribution in [0.4, 0.5) is 0 Å². The second kappa shape index (κ2) is 9.95. The molecule has 1 aliphatic heterocycles. The maximum atomic E-state index is 11.2. The van der Waals surface area contributed by atoms with Gasteiger partial charge in [-0.05, 0) is 12.1 Å². The Kier molecular flexibility index (Phi) is 7.65. The fraction of sp³-hybridized carbons (Fsp3) is 0.529. The Morgan fingerprint density at radius 2 is 1.59 bits per heavy atom. The number of fused-ring (bicyclic) bond motifs is 2. The van der Waals surface area contributed by atoms with Crippen molar-refractivity contribution in [2.24, 2.45) is 0 Å². The number of aromatic nitrogens is 1. The summed E-state index contributed by atoms with van der Waals surface area (Å²) >= 11 is 0. The van der Waals surface area contributed by atoms with Gasteiger partial charge in [0.05, 0.1) is 30.9 Å². The first-order valence-electron chi connectivity index (χ1n) is 8.60. The van der Waals surface area contributed by atoms with Gasteiger partial charge in [0.25, 0.3) is 0 Å². The van der Waals surface area contributed by atoms with E-state index in [0.717, 1.165) is 0 Å². The lowest BCUT2D eigenvalue weighted by atomic mass is 10.1. The van der Waals surface area contributed by atoms with Crippen LogP contribution < -0.4 is 5.32 Å². The number of carboxylic acid groups (broad SMARTS) is 3. The van der Waals surface area contributed by atoms with Crippen LogP contribution in [0.15, 0.2) is 18.2 Å². The molecule has 0 spiro atoms. The van der Waals surface area contributed by atoms with Crippen molar-refractivity contribution >= 4 is 17.9 Å². The van der Waals surface area contributed by atoms with Crippen molar-refractivity contribution in [3.05, 3.63) is 29.6 Å². The molecule has 2 heterocycles. The van der Waals surface area contributed by atoms with Gasteiger partial charge >= 0.3 is 17.9 Å². The van der Waals surface area contributed by atoms with Gasteiger partial charge in [0, 0.05) is 38.8 Å². The van der Waals surface area contributed by atoms with Gasteiger partial charge in [0.1, 0.15) is 0 Å². The maximum Gasteiger partial charge on any atom is 0.317 e. The van der Waals surface area contributed by atoms with Crippen molar-refractivity contribution < 1.29 is 29.7 Å². The largest absolute Gasteiger partial charge is 0.481 e. The van der Waals surface area contributed by atoms with Crippen LogP contribution in [0.2, 0.25) is 0 Å². The predicted molar refractivity (Wildman–Crippen MR) is 94.1 cm³/mol. The summed E-state index contributed by atoms with van der Waals surface area (Å²) in [5.41, 5.74) is 1.35. The van der Waals surface area contributed by atoms with Crippen molar-refractivity contribution in [3.63, 3.8) is 0 Å². The van der Waals surface area contributed by atoms with E-state index in [4.69, 9.17) is 15.3 Å². The maximum absolute atomic E-state index is 11.2. The Balaban J connectivity index is 2.25. The van der Waals surface area contributed by atoms with Gasteiger partial charge in [0.2, 0.25) is 0 Å². The molecule has 1 unspecified atom stereocenters. The smallest absolute Gasteiger partial charge is 0.317 e. The summed E-state index contributed by atoms with van der Waals surface area (Å²) in [6, 6.07) is 4.91. The van der Waals surface area contributed by atoms with Gasteiger partial charge in [-0.3, -0.25) is 29.2 Å². The lowest BCUT2D eigenvalue weighted by Crippen LogP contribution is -2.46. The molecule has 27 heavy (non-hydrogen) atoms. The molecule has 1 aromatic heterocycles. The molecule has 0 saturated heterocycles. The minimum Gasteiger partial charge on any atom is -0.481 e. The first-order chi connectivity index (χ1) is 12.8. The Morgan fingerprint density at radius 1 is 1.00 bits per heavy atom. The molecule has 2 rings (SSSR count). The molecule has 1 aromatic rings. The molecule has 10 nitrogen and oxygen atoms in total. The molecular weight excluding hydrogens is 356 g/mol. The highest BCUT2D eigenvalue weighted by Crippen LogP contribution is 2.09. The Bertz CT molecular complexity index is 683. The number of hydrogen-bond donors (Lipinski definition) is 4. The number of aliphatic carboxylic acids is 3. The minimum absolute atomic E-state index is 0.150. The summed E-state index contributed by atoms with van der Waals surface area (Å²) < 4.78 is 0. The summed E-state index contributed by atoms with van der Waals surface area (Å²) in [4.78, 5) is 41.3. The monoisotopic (exact) mass is 380 g/mol. The number of rotatable bonds is 6. The zero-order valence-corrected chi connectivity index (χ0v) is 14.9. The summed E-state index contributed by atoms with van der Waals surface area (Å²) in [7, 11) is 0. The second-order valence-electron chi connectivity index (χ2n) is 6.54. The summed E-state index contributed by atoms with van der Waals surface area (Å²) in [6.45, 7) is 1.22. The summed E-state index contributed by atoms with van der Waals surface area (Å²) in [5, 5.41) is 30.5. The van der Waals surface area contributed by atoms with Crippen LogP contribution in [0.25, 0.3) is 0 Å². The Hall–Kier alpha value is -2.56. The molecular formula is C17H24N4O6. The minimum atomic E-state index is -1.00. The topological polar surface area (TPSA) is 143 Å². The van der Waals surface area contributed by atoms with Crippen LogP contribution in [-0.4, -0.2) is 86.8 Å². The lowest BCUT2D eigenvalue weighted by Gasteiger charge is -2.28. The van der Waals surface area contributed by atoms with Gasteiger partial charge in [-0.2, -0.15) is 0 Å². The van der Waals surface area contributed by atoms with Crippen LogP contribution in [-0.2, 0) is 27.5 Å². The number of carbonyl (C=O) groups is 3. The number of nitrogens with one attached hydrogen (secondary N) is 1. The van der Waals surface area contributed by atoms with Gasteiger partial charge in [-0.15, -0.1) is 0 Å². The fourth-order valence-corrected chi connectivity index (χ4v) is 3.10. The standard InChI is InChI=1S/C17H24N4O6/c22-15(23)6-14-9-21(11-17(26)27)8-13-3-1-2-12(19-13)7-20(5-4-18-14)10-16(24)25/h1-3,14,18H,4-11H2,(H,22,23)(H,24,25)(H,26,27). The summed E-state index contributed by atoms with van der Waals surface area (Å²) in [5.74, 6) is -2.94. The van der Waals surface area contributed by atoms with E-state index >= 15 is 0 Å². The van der Waals surface area contributed by atoms with E-state index in [2.05, 4.69) is 10.3 Å². The second-order valence-corrected chi connectivity index (χ2v) is 6.54. The molecule has 0 amide bonds. The highest BCUT2D eigenvalue weighted by Gasteiger charge is 2.21. The number of pyridine rings is 1. The van der Waals surface area contributed by atoms with Crippen molar-refractivity contribution in [1.29, 1.82) is 0 Å². The molecule has 0 saturated carbocycles. The van der Waals surface area contributed by atoms with Crippen molar-refractivity contribution in [2.75, 3.05) is 32.7 Å². The lowest BCUT2D eigenvalue weighted by molar-refractivity contribution is -0.139. The van der Waals surface area contributed by atoms with Gasteiger partial charge in [-0.25, -0.2) is 0 Å². The van der Waals surface area contributed by atoms with Gasteiger partial charge < -0.3 is 20.6 Å². The first-order valence-corrected chi connectivity index (χ1v) is 8.60. The van der Waals surface area contributed by atoms with Crippen LogP contribution in [0.3, 0.4) is 0 Å². The summed E-state index contributed by atoms with van der Waals surface area (Å²) in [6.07, 6.45) is -0.164. The van der Waals surface area contributed by atoms with Crippen molar-refractivity contribution in [2.45, 2.75) is 25.6 Å². The average molecular weight is 380 g/mol. The van der Waals surface area contributed by atoms with Crippen LogP contribution in [0.5, 0.6) is 0 Å². The molecule has 148 valence electrons. The zero-order chi connectivity index (χ0) is 19.8. The highest BCUT2D eigenvalue weighted by molar-refractivity contribution is 5.69. The van der Waals surface area contributed by atoms with E-state index in [0.29, 0.717) is 31.0 Å². The van der Waals surface area contributed by atoms with E-state index in [1.54, 1.807) is 28.0 Å². The molecule has 0 aliphatic carbocycles. The third-order valence-corrected chi connectivity index (χ3v) is 4.11. The molecule has 10 heteroatoms. The number of hydrogen-bond acceptors (Lipinski definition) is 7. The van der Waals surface area contributed by atoms with E-state index in [1.807, 2.05) is 0 Å². The molecule has 1 aliphatic rings. The molecule has 4 N–H and O–H groups in total. The van der Waals surface area contributed by atoms with Crippen LogP contribution >= 0.6 is 0 Å². The first kappa shape index (κ1) is 20.7. The van der Waals surface area contributed by atoms with E-state index in [-0.39, 0.29) is 32.6 Å². The van der Waals surface area contributed by atoms with Gasteiger partial charge in [-0.1, -0.05) is 6.07 Å². The fourth-order valence-electron chi connectivity index (χ4n) is 3.10. The quantitative estimate of drug-likeness (QED) is 0.500. The third kappa shape index (κ3) is 7.69. The molecule has 2 bridgehead atoms. The normalized spacial score (nSPS) is 19.6. The van der Waals surface area contributed by atoms with Crippen LogP contribution in [0.1, 0.15) is 17.8 Å². The third-order valence-electron chi connectivity index (χ3n) is 4.11. The number of carboxylic acids is 3. The van der Waals surface area contributed by atoms with Crippen LogP contribution in [0, 0.1) is 0 Å². The van der Waals surface area contributed by atoms with E-state index in [1.165, 1.54) is 0 Å². The Morgan fingerprint density at radius 3 is 2.19 bits per heavy atom. The molecule has 0 fully saturated rings. The van der Waals surface area contributed by atoms with Crippen molar-refractivity contribution in [3.8, 4) is 0 Å². The predicted octanol–water partition coefficient (Wildman–Crippen LogP) is -0.699. The van der Waals surface area contributed by atoms with E-state index < -0.39 is 23.9 Å². The van der Waals surface area contributed by atoms with E-state index in [9.17, 15) is 14.4 Å². The molecule has 0 aromatic carbocycles. The average Bonchev–Trinajstić information content (AvgIpc) is 2.52. The zero-order valence-electron chi connectivity index (χ0n) is 14.9.